The van der Waals surface area contributed by atoms with E-state index in [9.17, 15) is 19.2 Å². The Bertz CT molecular complexity index is 1760. The lowest BCUT2D eigenvalue weighted by molar-refractivity contribution is -0.132. The Kier molecular flexibility index (Phi) is 11.0. The van der Waals surface area contributed by atoms with Crippen LogP contribution in [0.2, 0.25) is 0 Å². The lowest BCUT2D eigenvalue weighted by Gasteiger charge is -2.11. The third-order valence-electron chi connectivity index (χ3n) is 5.99. The third-order valence-corrected chi connectivity index (χ3v) is 6.52. The quantitative estimate of drug-likeness (QED) is 0.0852. The molecule has 0 heterocycles. The number of hydrogen-bond acceptors (Lipinski definition) is 9. The number of anilines is 1. The molecule has 0 saturated heterocycles. The van der Waals surface area contributed by atoms with Crippen LogP contribution in [-0.4, -0.2) is 43.7 Å². The van der Waals surface area contributed by atoms with Crippen LogP contribution >= 0.6 is 15.9 Å². The van der Waals surface area contributed by atoms with Crippen LogP contribution in [0, 0.1) is 0 Å². The number of carbonyl (C=O) groups is 4. The maximum atomic E-state index is 12.8. The van der Waals surface area contributed by atoms with Crippen molar-refractivity contribution in [3.05, 3.63) is 112 Å². The summed E-state index contributed by atoms with van der Waals surface area (Å²) in [6.07, 6.45) is 1.42. The van der Waals surface area contributed by atoms with Crippen molar-refractivity contribution in [1.82, 2.24) is 5.43 Å². The predicted molar refractivity (Wildman–Crippen MR) is 170 cm³/mol. The van der Waals surface area contributed by atoms with Gasteiger partial charge in [-0.25, -0.2) is 10.2 Å². The van der Waals surface area contributed by atoms with Gasteiger partial charge in [0.2, 0.25) is 0 Å². The maximum Gasteiger partial charge on any atom is 0.343 e. The van der Waals surface area contributed by atoms with E-state index in [0.29, 0.717) is 29.2 Å². The van der Waals surface area contributed by atoms with E-state index < -0.39 is 23.8 Å². The maximum absolute atomic E-state index is 12.8. The first-order chi connectivity index (χ1) is 21.7. The first-order valence-electron chi connectivity index (χ1n) is 13.5. The topological polar surface area (TPSA) is 142 Å². The number of amides is 2. The van der Waals surface area contributed by atoms with E-state index in [1.165, 1.54) is 44.5 Å². The summed E-state index contributed by atoms with van der Waals surface area (Å²) in [6.45, 7) is 3.40. The number of halogens is 1. The van der Waals surface area contributed by atoms with Crippen LogP contribution < -0.4 is 29.7 Å². The molecular formula is C33H28BrN3O8. The molecule has 0 aromatic heterocycles. The van der Waals surface area contributed by atoms with Crippen LogP contribution in [-0.2, 0) is 4.79 Å². The van der Waals surface area contributed by atoms with Gasteiger partial charge in [-0.2, -0.15) is 5.10 Å². The van der Waals surface area contributed by atoms with Gasteiger partial charge in [0.05, 0.1) is 25.5 Å². The fraction of sp³-hybridized carbons (Fsp3) is 0.121. The molecule has 0 bridgehead atoms. The molecule has 0 saturated carbocycles. The molecule has 0 radical (unpaired) electrons. The van der Waals surface area contributed by atoms with E-state index in [1.54, 1.807) is 67.6 Å². The summed E-state index contributed by atoms with van der Waals surface area (Å²) in [6, 6.07) is 22.3. The van der Waals surface area contributed by atoms with Crippen LogP contribution in [0.25, 0.3) is 0 Å². The van der Waals surface area contributed by atoms with Gasteiger partial charge in [-0.1, -0.05) is 22.0 Å². The van der Waals surface area contributed by atoms with Gasteiger partial charge in [0.1, 0.15) is 0 Å². The molecular weight excluding hydrogens is 646 g/mol. The average molecular weight is 675 g/mol. The Morgan fingerprint density at radius 1 is 0.778 bits per heavy atom. The summed E-state index contributed by atoms with van der Waals surface area (Å²) in [4.78, 5) is 49.4. The van der Waals surface area contributed by atoms with Crippen LogP contribution in [0.3, 0.4) is 0 Å². The molecule has 0 unspecified atom stereocenters. The van der Waals surface area contributed by atoms with E-state index >= 15 is 0 Å². The molecule has 0 atom stereocenters. The van der Waals surface area contributed by atoms with Gasteiger partial charge in [-0.3, -0.25) is 14.4 Å². The van der Waals surface area contributed by atoms with Crippen LogP contribution in [0.4, 0.5) is 5.69 Å². The normalized spacial score (nSPS) is 10.6. The van der Waals surface area contributed by atoms with Crippen molar-refractivity contribution in [2.75, 3.05) is 19.0 Å². The highest BCUT2D eigenvalue weighted by atomic mass is 79.9. The molecule has 0 aliphatic heterocycles. The summed E-state index contributed by atoms with van der Waals surface area (Å²) >= 11 is 3.33. The van der Waals surface area contributed by atoms with Gasteiger partial charge in [0, 0.05) is 28.2 Å². The second-order valence-electron chi connectivity index (χ2n) is 9.23. The molecule has 12 heteroatoms. The zero-order chi connectivity index (χ0) is 32.3. The van der Waals surface area contributed by atoms with Gasteiger partial charge >= 0.3 is 11.9 Å². The van der Waals surface area contributed by atoms with E-state index in [0.717, 1.165) is 4.47 Å². The molecule has 45 heavy (non-hydrogen) atoms. The molecule has 4 aromatic rings. The summed E-state index contributed by atoms with van der Waals surface area (Å²) in [5.74, 6) is -1.06. The first kappa shape index (κ1) is 32.4. The fourth-order valence-corrected chi connectivity index (χ4v) is 4.19. The van der Waals surface area contributed by atoms with Gasteiger partial charge in [-0.05, 0) is 91.3 Å². The van der Waals surface area contributed by atoms with Crippen molar-refractivity contribution >= 4 is 51.6 Å². The highest BCUT2D eigenvalue weighted by Crippen LogP contribution is 2.30. The van der Waals surface area contributed by atoms with Crippen molar-refractivity contribution in [3.8, 4) is 23.0 Å². The molecule has 2 N–H and O–H groups in total. The number of rotatable bonds is 11. The number of benzene rings is 4. The molecule has 4 rings (SSSR count). The number of esters is 2. The number of hydrazone groups is 1. The highest BCUT2D eigenvalue weighted by Gasteiger charge is 2.15. The standard InChI is InChI=1S/C33H28BrN3O8/c1-4-43-30-16-21(8-14-28(30)45-33(41)22-9-12-25(34)13-10-22)19-35-37-32(40)23-6-5-7-26(17-23)36-31(39)24-11-15-27(44-20(2)38)29(18-24)42-3/h5-19H,4H2,1-3H3,(H,36,39)(H,37,40). The van der Waals surface area contributed by atoms with Gasteiger partial charge < -0.3 is 24.3 Å². The average Bonchev–Trinajstić information content (AvgIpc) is 3.02. The van der Waals surface area contributed by atoms with Crippen molar-refractivity contribution in [2.45, 2.75) is 13.8 Å². The summed E-state index contributed by atoms with van der Waals surface area (Å²) in [5.41, 5.74) is 4.28. The van der Waals surface area contributed by atoms with Gasteiger partial charge in [0.25, 0.3) is 11.8 Å². The van der Waals surface area contributed by atoms with E-state index in [2.05, 4.69) is 31.8 Å². The zero-order valence-electron chi connectivity index (χ0n) is 24.5. The number of ether oxygens (including phenoxy) is 4. The molecule has 2 amide bonds. The van der Waals surface area contributed by atoms with Crippen LogP contribution in [0.15, 0.2) is 94.5 Å². The van der Waals surface area contributed by atoms with Crippen molar-refractivity contribution in [3.63, 3.8) is 0 Å². The Morgan fingerprint density at radius 2 is 1.47 bits per heavy atom. The van der Waals surface area contributed by atoms with E-state index in [-0.39, 0.29) is 28.4 Å². The number of nitrogens with one attached hydrogen (secondary N) is 2. The Morgan fingerprint density at radius 3 is 2.18 bits per heavy atom. The molecule has 4 aromatic carbocycles. The minimum atomic E-state index is -0.535. The molecule has 0 aliphatic rings. The fourth-order valence-electron chi connectivity index (χ4n) is 3.92. The van der Waals surface area contributed by atoms with Crippen LogP contribution in [0.5, 0.6) is 23.0 Å². The second-order valence-corrected chi connectivity index (χ2v) is 10.1. The largest absolute Gasteiger partial charge is 0.493 e. The lowest BCUT2D eigenvalue weighted by atomic mass is 10.1. The number of hydrogen-bond donors (Lipinski definition) is 2. The van der Waals surface area contributed by atoms with Gasteiger partial charge in [0.15, 0.2) is 23.0 Å². The minimum Gasteiger partial charge on any atom is -0.493 e. The SMILES string of the molecule is CCOc1cc(C=NNC(=O)c2cccc(NC(=O)c3ccc(OC(C)=O)c(OC)c3)c2)ccc1OC(=O)c1ccc(Br)cc1. The van der Waals surface area contributed by atoms with E-state index in [1.807, 2.05) is 0 Å². The van der Waals surface area contributed by atoms with Crippen molar-refractivity contribution in [1.29, 1.82) is 0 Å². The smallest absolute Gasteiger partial charge is 0.343 e. The monoisotopic (exact) mass is 673 g/mol. The molecule has 0 aliphatic carbocycles. The zero-order valence-corrected chi connectivity index (χ0v) is 26.0. The van der Waals surface area contributed by atoms with Crippen LogP contribution in [0.1, 0.15) is 50.5 Å². The third kappa shape index (κ3) is 9.00. The number of carbonyl (C=O) groups excluding carboxylic acids is 4. The molecule has 0 spiro atoms. The predicted octanol–water partition coefficient (Wildman–Crippen LogP) is 6.02. The lowest BCUT2D eigenvalue weighted by Crippen LogP contribution is -2.18. The first-order valence-corrected chi connectivity index (χ1v) is 14.3. The molecule has 0 fully saturated rings. The second kappa shape index (κ2) is 15.3. The number of nitrogens with zero attached hydrogens (tertiary/aromatic N) is 1. The Labute approximate surface area is 267 Å². The van der Waals surface area contributed by atoms with Crippen molar-refractivity contribution < 1.29 is 38.1 Å². The Balaban J connectivity index is 1.39. The van der Waals surface area contributed by atoms with Crippen molar-refractivity contribution in [2.24, 2.45) is 5.10 Å². The molecule has 11 nitrogen and oxygen atoms in total. The van der Waals surface area contributed by atoms with Gasteiger partial charge in [-0.15, -0.1) is 0 Å². The summed E-state index contributed by atoms with van der Waals surface area (Å²) in [5, 5.41) is 6.75. The molecule has 230 valence electrons. The number of methoxy groups -OCH3 is 1. The Hall–Kier alpha value is -5.49. The minimum absolute atomic E-state index is 0.186. The summed E-state index contributed by atoms with van der Waals surface area (Å²) in [7, 11) is 1.39. The highest BCUT2D eigenvalue weighted by molar-refractivity contribution is 9.10. The summed E-state index contributed by atoms with van der Waals surface area (Å²) < 4.78 is 22.3. The van der Waals surface area contributed by atoms with E-state index in [4.69, 9.17) is 18.9 Å².